The molecule has 0 N–H and O–H groups in total. The summed E-state index contributed by atoms with van der Waals surface area (Å²) in [5.74, 6) is 0.852. The van der Waals surface area contributed by atoms with Crippen LogP contribution in [0.2, 0.25) is 0 Å². The normalized spacial score (nSPS) is 11.4. The van der Waals surface area contributed by atoms with Crippen molar-refractivity contribution in [1.29, 1.82) is 5.26 Å². The first kappa shape index (κ1) is 22.4. The van der Waals surface area contributed by atoms with E-state index in [1.54, 1.807) is 25.2 Å². The van der Waals surface area contributed by atoms with Gasteiger partial charge in [0.05, 0.1) is 29.1 Å². The van der Waals surface area contributed by atoms with Crippen LogP contribution < -0.4 is 5.56 Å². The van der Waals surface area contributed by atoms with Gasteiger partial charge in [-0.3, -0.25) is 18.7 Å². The summed E-state index contributed by atoms with van der Waals surface area (Å²) in [6.45, 7) is 3.41. The maximum atomic E-state index is 13.9. The molecule has 0 amide bonds. The molecule has 0 unspecified atom stereocenters. The monoisotopic (exact) mass is 466 g/mol. The Morgan fingerprint density at radius 3 is 2.49 bits per heavy atom. The molecule has 0 aliphatic carbocycles. The average Bonchev–Trinajstić information content (AvgIpc) is 3.26. The van der Waals surface area contributed by atoms with Crippen LogP contribution in [0.1, 0.15) is 28.1 Å². The minimum atomic E-state index is -0.287. The molecule has 174 valence electrons. The number of aromatic nitrogens is 4. The average molecular weight is 467 g/mol. The molecule has 0 fully saturated rings. The van der Waals surface area contributed by atoms with Gasteiger partial charge in [0.2, 0.25) is 5.78 Å². The van der Waals surface area contributed by atoms with E-state index < -0.39 is 0 Å². The topological polar surface area (TPSA) is 79.2 Å². The van der Waals surface area contributed by atoms with Crippen LogP contribution in [0.4, 0.5) is 4.39 Å². The van der Waals surface area contributed by atoms with Crippen LogP contribution in [0.3, 0.4) is 0 Å². The summed E-state index contributed by atoms with van der Waals surface area (Å²) < 4.78 is 17.3. The van der Waals surface area contributed by atoms with E-state index in [1.807, 2.05) is 47.7 Å². The van der Waals surface area contributed by atoms with Gasteiger partial charge in [0.15, 0.2) is 5.82 Å². The zero-order chi connectivity index (χ0) is 24.5. The number of rotatable bonds is 6. The molecular formula is C27H23FN6O. The highest BCUT2D eigenvalue weighted by molar-refractivity contribution is 5.81. The fraction of sp³-hybridized carbons (Fsp3) is 0.185. The first-order valence-corrected chi connectivity index (χ1v) is 11.2. The van der Waals surface area contributed by atoms with Gasteiger partial charge < -0.3 is 0 Å². The molecule has 0 atom stereocenters. The van der Waals surface area contributed by atoms with Gasteiger partial charge in [-0.15, -0.1) is 10.2 Å². The molecule has 0 spiro atoms. The van der Waals surface area contributed by atoms with Gasteiger partial charge >= 0.3 is 0 Å². The zero-order valence-electron chi connectivity index (χ0n) is 19.4. The van der Waals surface area contributed by atoms with Crippen molar-refractivity contribution < 1.29 is 4.39 Å². The van der Waals surface area contributed by atoms with Crippen molar-refractivity contribution >= 4 is 16.7 Å². The number of hydrogen-bond acceptors (Lipinski definition) is 5. The summed E-state index contributed by atoms with van der Waals surface area (Å²) in [5.41, 5.74) is 4.07. The molecule has 7 nitrogen and oxygen atoms in total. The van der Waals surface area contributed by atoms with Gasteiger partial charge in [0.25, 0.3) is 5.56 Å². The highest BCUT2D eigenvalue weighted by atomic mass is 19.1. The molecule has 2 aromatic heterocycles. The van der Waals surface area contributed by atoms with E-state index in [2.05, 4.69) is 21.2 Å². The first-order chi connectivity index (χ1) is 16.9. The van der Waals surface area contributed by atoms with E-state index in [0.717, 1.165) is 22.2 Å². The third-order valence-corrected chi connectivity index (χ3v) is 6.09. The van der Waals surface area contributed by atoms with Crippen LogP contribution >= 0.6 is 0 Å². The second-order valence-electron chi connectivity index (χ2n) is 8.72. The van der Waals surface area contributed by atoms with Gasteiger partial charge in [0, 0.05) is 20.1 Å². The van der Waals surface area contributed by atoms with E-state index in [9.17, 15) is 9.18 Å². The molecule has 8 heteroatoms. The molecule has 5 aromatic rings. The van der Waals surface area contributed by atoms with E-state index in [-0.39, 0.29) is 11.4 Å². The highest BCUT2D eigenvalue weighted by Gasteiger charge is 2.18. The van der Waals surface area contributed by atoms with Crippen molar-refractivity contribution in [3.63, 3.8) is 0 Å². The lowest BCUT2D eigenvalue weighted by Crippen LogP contribution is -2.25. The third kappa shape index (κ3) is 4.42. The molecule has 3 aromatic carbocycles. The lowest BCUT2D eigenvalue weighted by atomic mass is 10.1. The van der Waals surface area contributed by atoms with Crippen molar-refractivity contribution in [2.24, 2.45) is 7.05 Å². The number of hydrogen-bond donors (Lipinski definition) is 0. The molecule has 0 saturated heterocycles. The van der Waals surface area contributed by atoms with Crippen LogP contribution in [0.15, 0.2) is 71.5 Å². The van der Waals surface area contributed by atoms with Gasteiger partial charge in [-0.05, 0) is 54.4 Å². The Kier molecular flexibility index (Phi) is 5.85. The predicted molar refractivity (Wildman–Crippen MR) is 131 cm³/mol. The van der Waals surface area contributed by atoms with E-state index in [4.69, 9.17) is 5.26 Å². The highest BCUT2D eigenvalue weighted by Crippen LogP contribution is 2.19. The minimum Gasteiger partial charge on any atom is -0.287 e. The lowest BCUT2D eigenvalue weighted by Gasteiger charge is -2.22. The summed E-state index contributed by atoms with van der Waals surface area (Å²) in [6.07, 6.45) is 0. The molecule has 0 aliphatic rings. The number of halogens is 1. The molecule has 0 saturated carbocycles. The predicted octanol–water partition coefficient (Wildman–Crippen LogP) is 4.10. The summed E-state index contributed by atoms with van der Waals surface area (Å²) in [4.78, 5) is 15.0. The van der Waals surface area contributed by atoms with Crippen LogP contribution in [0.25, 0.3) is 16.7 Å². The number of benzene rings is 3. The molecule has 2 heterocycles. The lowest BCUT2D eigenvalue weighted by molar-refractivity contribution is 0.240. The summed E-state index contributed by atoms with van der Waals surface area (Å²) >= 11 is 0. The van der Waals surface area contributed by atoms with Crippen molar-refractivity contribution in [1.82, 2.24) is 24.1 Å². The fourth-order valence-electron chi connectivity index (χ4n) is 4.37. The Labute approximate surface area is 201 Å². The Balaban J connectivity index is 1.57. The summed E-state index contributed by atoms with van der Waals surface area (Å²) in [7, 11) is 1.69. The van der Waals surface area contributed by atoms with Gasteiger partial charge in [-0.25, -0.2) is 4.39 Å². The van der Waals surface area contributed by atoms with Crippen LogP contribution in [-0.2, 0) is 26.7 Å². The zero-order valence-corrected chi connectivity index (χ0v) is 19.4. The van der Waals surface area contributed by atoms with E-state index in [1.165, 1.54) is 16.7 Å². The second kappa shape index (κ2) is 9.12. The molecule has 0 radical (unpaired) electrons. The summed E-state index contributed by atoms with van der Waals surface area (Å²) in [5, 5.41) is 18.5. The largest absolute Gasteiger partial charge is 0.287 e. The Bertz CT molecular complexity index is 1650. The fourth-order valence-corrected chi connectivity index (χ4v) is 4.37. The smallest absolute Gasteiger partial charge is 0.262 e. The molecule has 35 heavy (non-hydrogen) atoms. The second-order valence-corrected chi connectivity index (χ2v) is 8.72. The Morgan fingerprint density at radius 2 is 1.74 bits per heavy atom. The van der Waals surface area contributed by atoms with Crippen molar-refractivity contribution in [2.45, 2.75) is 26.6 Å². The van der Waals surface area contributed by atoms with E-state index in [0.29, 0.717) is 42.2 Å². The maximum absolute atomic E-state index is 13.9. The van der Waals surface area contributed by atoms with Crippen molar-refractivity contribution in [3.05, 3.63) is 111 Å². The maximum Gasteiger partial charge on any atom is 0.262 e. The van der Waals surface area contributed by atoms with Crippen molar-refractivity contribution in [3.8, 4) is 6.07 Å². The molecule has 5 rings (SSSR count). The quantitative estimate of drug-likeness (QED) is 0.376. The number of fused-ring (bicyclic) bond motifs is 3. The number of aryl methyl sites for hydroxylation is 2. The van der Waals surface area contributed by atoms with Crippen LogP contribution in [0.5, 0.6) is 0 Å². The van der Waals surface area contributed by atoms with Crippen molar-refractivity contribution in [2.75, 3.05) is 0 Å². The third-order valence-electron chi connectivity index (χ3n) is 6.09. The van der Waals surface area contributed by atoms with Crippen LogP contribution in [-0.4, -0.2) is 24.1 Å². The van der Waals surface area contributed by atoms with Gasteiger partial charge in [0.1, 0.15) is 5.82 Å². The van der Waals surface area contributed by atoms with E-state index >= 15 is 0 Å². The molecular weight excluding hydrogens is 443 g/mol. The first-order valence-electron chi connectivity index (χ1n) is 11.2. The van der Waals surface area contributed by atoms with Gasteiger partial charge in [-0.1, -0.05) is 35.9 Å². The Morgan fingerprint density at radius 1 is 0.971 bits per heavy atom. The molecule has 0 aliphatic heterocycles. The summed E-state index contributed by atoms with van der Waals surface area (Å²) in [6, 6.07) is 21.8. The standard InChI is InChI=1S/C27H23FN6O/c1-18-6-11-24-23(12-18)26(35)32(2)27-31-30-25(34(24)27)17-33(16-21-4-3-5-22(28)13-21)15-20-9-7-19(14-29)8-10-20/h3-13H,15-17H2,1-2H3. The van der Waals surface area contributed by atoms with Gasteiger partial charge in [-0.2, -0.15) is 5.26 Å². The number of nitrogens with zero attached hydrogens (tertiary/aromatic N) is 6. The van der Waals surface area contributed by atoms with Crippen LogP contribution in [0, 0.1) is 24.1 Å². The molecule has 0 bridgehead atoms. The Hall–Kier alpha value is -4.35. The number of nitriles is 1. The minimum absolute atomic E-state index is 0.121. The SMILES string of the molecule is Cc1ccc2c(c1)c(=O)n(C)c1nnc(CN(Cc3ccc(C#N)cc3)Cc3cccc(F)c3)n21.